The van der Waals surface area contributed by atoms with E-state index in [1.165, 1.54) is 0 Å². The van der Waals surface area contributed by atoms with Gasteiger partial charge in [0, 0.05) is 31.9 Å². The van der Waals surface area contributed by atoms with Crippen molar-refractivity contribution in [2.75, 3.05) is 13.2 Å². The van der Waals surface area contributed by atoms with Gasteiger partial charge in [0.15, 0.2) is 0 Å². The van der Waals surface area contributed by atoms with Crippen LogP contribution in [0.25, 0.3) is 0 Å². The first-order valence-corrected chi connectivity index (χ1v) is 7.74. The lowest BCUT2D eigenvalue weighted by atomic mass is 9.99. The number of hydrogen-bond donors (Lipinski definition) is 2. The third-order valence-electron chi connectivity index (χ3n) is 3.48. The average Bonchev–Trinajstić information content (AvgIpc) is 2.94. The zero-order valence-electron chi connectivity index (χ0n) is 13.4. The fourth-order valence-electron chi connectivity index (χ4n) is 2.17. The van der Waals surface area contributed by atoms with Gasteiger partial charge in [-0.2, -0.15) is 5.10 Å². The van der Waals surface area contributed by atoms with Crippen molar-refractivity contribution in [1.82, 2.24) is 15.1 Å². The Bertz CT molecular complexity index is 668. The molecular weight excluding hydrogens is 314 g/mol. The minimum Gasteiger partial charge on any atom is -0.488 e. The first kappa shape index (κ1) is 17.5. The van der Waals surface area contributed by atoms with Gasteiger partial charge in [0.25, 0.3) is 0 Å². The van der Waals surface area contributed by atoms with Crippen LogP contribution in [0.1, 0.15) is 18.1 Å². The highest BCUT2D eigenvalue weighted by Crippen LogP contribution is 2.25. The van der Waals surface area contributed by atoms with Crippen LogP contribution in [-0.4, -0.2) is 28.0 Å². The molecule has 0 aliphatic rings. The van der Waals surface area contributed by atoms with Crippen molar-refractivity contribution >= 4 is 11.6 Å². The van der Waals surface area contributed by atoms with Crippen LogP contribution in [0, 0.1) is 0 Å². The van der Waals surface area contributed by atoms with Gasteiger partial charge in [0.1, 0.15) is 18.0 Å². The molecule has 0 aliphatic heterocycles. The van der Waals surface area contributed by atoms with Gasteiger partial charge in [0.05, 0.1) is 11.2 Å². The molecule has 1 atom stereocenters. The molecule has 0 radical (unpaired) electrons. The van der Waals surface area contributed by atoms with E-state index >= 15 is 0 Å². The summed E-state index contributed by atoms with van der Waals surface area (Å²) >= 11 is 6.19. The first-order valence-electron chi connectivity index (χ1n) is 7.37. The van der Waals surface area contributed by atoms with Crippen molar-refractivity contribution in [3.8, 4) is 5.75 Å². The summed E-state index contributed by atoms with van der Waals surface area (Å²) in [5.74, 6) is 0.637. The number of ether oxygens (including phenoxy) is 1. The van der Waals surface area contributed by atoms with Gasteiger partial charge in [-0.05, 0) is 24.6 Å². The SMILES string of the molecule is C=CCOc1ccc(CNCC(C)(O)c2cnn(C)c2)cc1Cl. The molecule has 2 N–H and O–H groups in total. The molecule has 1 unspecified atom stereocenters. The summed E-state index contributed by atoms with van der Waals surface area (Å²) in [4.78, 5) is 0. The molecule has 0 fully saturated rings. The number of benzene rings is 1. The topological polar surface area (TPSA) is 59.3 Å². The second-order valence-corrected chi connectivity index (χ2v) is 6.05. The summed E-state index contributed by atoms with van der Waals surface area (Å²) in [7, 11) is 1.82. The second-order valence-electron chi connectivity index (χ2n) is 5.64. The van der Waals surface area contributed by atoms with Crippen LogP contribution in [-0.2, 0) is 19.2 Å². The molecule has 1 aromatic heterocycles. The lowest BCUT2D eigenvalue weighted by Crippen LogP contribution is -2.34. The molecule has 1 heterocycles. The number of aliphatic hydroxyl groups is 1. The normalized spacial score (nSPS) is 13.6. The summed E-state index contributed by atoms with van der Waals surface area (Å²) in [6, 6.07) is 5.63. The van der Waals surface area contributed by atoms with Crippen LogP contribution in [0.2, 0.25) is 5.02 Å². The zero-order chi connectivity index (χ0) is 16.9. The van der Waals surface area contributed by atoms with E-state index in [1.807, 2.05) is 31.4 Å². The highest BCUT2D eigenvalue weighted by Gasteiger charge is 2.24. The Labute approximate surface area is 141 Å². The van der Waals surface area contributed by atoms with E-state index in [4.69, 9.17) is 16.3 Å². The molecule has 0 saturated heterocycles. The van der Waals surface area contributed by atoms with Crippen molar-refractivity contribution in [1.29, 1.82) is 0 Å². The number of aryl methyl sites for hydroxylation is 1. The van der Waals surface area contributed by atoms with Crippen molar-refractivity contribution in [2.45, 2.75) is 19.1 Å². The molecule has 0 aliphatic carbocycles. The molecule has 0 bridgehead atoms. The summed E-state index contributed by atoms with van der Waals surface area (Å²) in [5.41, 5.74) is 0.812. The van der Waals surface area contributed by atoms with Crippen molar-refractivity contribution < 1.29 is 9.84 Å². The molecule has 5 nitrogen and oxygen atoms in total. The highest BCUT2D eigenvalue weighted by atomic mass is 35.5. The number of nitrogens with one attached hydrogen (secondary N) is 1. The Hall–Kier alpha value is -1.82. The van der Waals surface area contributed by atoms with Crippen LogP contribution in [0.5, 0.6) is 5.75 Å². The Morgan fingerprint density at radius 1 is 1.52 bits per heavy atom. The fraction of sp³-hybridized carbons (Fsp3) is 0.353. The Morgan fingerprint density at radius 3 is 2.91 bits per heavy atom. The predicted molar refractivity (Wildman–Crippen MR) is 91.6 cm³/mol. The van der Waals surface area contributed by atoms with Gasteiger partial charge in [0.2, 0.25) is 0 Å². The molecule has 2 aromatic rings. The van der Waals surface area contributed by atoms with E-state index in [0.717, 1.165) is 11.1 Å². The maximum atomic E-state index is 10.5. The van der Waals surface area contributed by atoms with Gasteiger partial charge in [-0.3, -0.25) is 4.68 Å². The number of hydrogen-bond acceptors (Lipinski definition) is 4. The fourth-order valence-corrected chi connectivity index (χ4v) is 2.43. The van der Waals surface area contributed by atoms with E-state index in [1.54, 1.807) is 23.9 Å². The van der Waals surface area contributed by atoms with Crippen molar-refractivity contribution in [3.63, 3.8) is 0 Å². The third-order valence-corrected chi connectivity index (χ3v) is 3.77. The molecule has 1 aromatic carbocycles. The van der Waals surface area contributed by atoms with Crippen LogP contribution in [0.3, 0.4) is 0 Å². The number of aromatic nitrogens is 2. The van der Waals surface area contributed by atoms with Crippen LogP contribution in [0.15, 0.2) is 43.2 Å². The number of nitrogens with zero attached hydrogens (tertiary/aromatic N) is 2. The predicted octanol–water partition coefficient (Wildman–Crippen LogP) is 2.64. The van der Waals surface area contributed by atoms with E-state index < -0.39 is 5.60 Å². The minimum absolute atomic E-state index is 0.408. The number of rotatable bonds is 8. The standard InChI is InChI=1S/C17H22ClN3O2/c1-4-7-23-16-6-5-13(8-15(16)18)9-19-12-17(2,22)14-10-20-21(3)11-14/h4-6,8,10-11,19,22H,1,7,9,12H2,2-3H3. The monoisotopic (exact) mass is 335 g/mol. The summed E-state index contributed by atoms with van der Waals surface area (Å²) in [6.07, 6.45) is 5.15. The van der Waals surface area contributed by atoms with Gasteiger partial charge >= 0.3 is 0 Å². The van der Waals surface area contributed by atoms with E-state index in [9.17, 15) is 5.11 Å². The van der Waals surface area contributed by atoms with Crippen molar-refractivity contribution in [3.05, 3.63) is 59.4 Å². The average molecular weight is 336 g/mol. The number of halogens is 1. The highest BCUT2D eigenvalue weighted by molar-refractivity contribution is 6.32. The Balaban J connectivity index is 1.91. The van der Waals surface area contributed by atoms with Crippen LogP contribution >= 0.6 is 11.6 Å². The van der Waals surface area contributed by atoms with Gasteiger partial charge in [-0.25, -0.2) is 0 Å². The summed E-state index contributed by atoms with van der Waals surface area (Å²) < 4.78 is 7.11. The van der Waals surface area contributed by atoms with Gasteiger partial charge < -0.3 is 15.2 Å². The summed E-state index contributed by atoms with van der Waals surface area (Å²) in [5, 5.41) is 18.4. The molecule has 6 heteroatoms. The Kier molecular flexibility index (Phi) is 5.82. The lowest BCUT2D eigenvalue weighted by Gasteiger charge is -2.22. The third kappa shape index (κ3) is 4.82. The molecule has 0 saturated carbocycles. The molecule has 0 amide bonds. The molecule has 23 heavy (non-hydrogen) atoms. The van der Waals surface area contributed by atoms with Crippen LogP contribution in [0.4, 0.5) is 0 Å². The second kappa shape index (κ2) is 7.64. The van der Waals surface area contributed by atoms with Gasteiger partial charge in [-0.1, -0.05) is 30.3 Å². The quantitative estimate of drug-likeness (QED) is 0.728. The van der Waals surface area contributed by atoms with Crippen LogP contribution < -0.4 is 10.1 Å². The Morgan fingerprint density at radius 2 is 2.30 bits per heavy atom. The largest absolute Gasteiger partial charge is 0.488 e. The molecule has 0 spiro atoms. The maximum absolute atomic E-state index is 10.5. The van der Waals surface area contributed by atoms with E-state index in [0.29, 0.717) is 30.5 Å². The van der Waals surface area contributed by atoms with E-state index in [-0.39, 0.29) is 0 Å². The maximum Gasteiger partial charge on any atom is 0.138 e. The first-order chi connectivity index (χ1) is 10.9. The molecule has 2 rings (SSSR count). The lowest BCUT2D eigenvalue weighted by molar-refractivity contribution is 0.0566. The van der Waals surface area contributed by atoms with Crippen molar-refractivity contribution in [2.24, 2.45) is 7.05 Å². The minimum atomic E-state index is -0.981. The summed E-state index contributed by atoms with van der Waals surface area (Å²) in [6.45, 7) is 6.79. The van der Waals surface area contributed by atoms with Gasteiger partial charge in [-0.15, -0.1) is 0 Å². The van der Waals surface area contributed by atoms with E-state index in [2.05, 4.69) is 17.0 Å². The molecule has 124 valence electrons. The molecular formula is C17H22ClN3O2. The zero-order valence-corrected chi connectivity index (χ0v) is 14.2. The smallest absolute Gasteiger partial charge is 0.138 e.